The second-order valence-electron chi connectivity index (χ2n) is 8.78. The van der Waals surface area contributed by atoms with Crippen LogP contribution in [0, 0.1) is 13.7 Å². The summed E-state index contributed by atoms with van der Waals surface area (Å²) in [6, 6.07) is 17.3. The summed E-state index contributed by atoms with van der Waals surface area (Å²) in [5, 5.41) is 14.4. The third-order valence-electron chi connectivity index (χ3n) is 6.51. The quantitative estimate of drug-likeness (QED) is 0.141. The fraction of sp³-hybridized carbons (Fsp3) is 0.143. The number of allylic oxidation sites excluding steroid dienone is 2. The molecule has 0 aromatic heterocycles. The predicted octanol–water partition coefficient (Wildman–Crippen LogP) is 6.28. The SMILES string of the molecule is COC(=O)C1=C(C)NC2=C(C(=O)c3ccccc32)[C@@H]1c1cc(Br)c(OCc2cccc([N+](=O)[O-])c2)c(I)c1. The van der Waals surface area contributed by atoms with E-state index in [1.165, 1.54) is 19.2 Å². The maximum atomic E-state index is 13.6. The molecule has 1 atom stereocenters. The molecule has 1 heterocycles. The Labute approximate surface area is 240 Å². The summed E-state index contributed by atoms with van der Waals surface area (Å²) in [7, 11) is 1.32. The number of ketones is 1. The van der Waals surface area contributed by atoms with Gasteiger partial charge in [0, 0.05) is 40.4 Å². The number of fused-ring (bicyclic) bond motifs is 2. The molecule has 192 valence electrons. The number of nitrogens with one attached hydrogen (secondary N) is 1. The molecular weight excluding hydrogens is 667 g/mol. The van der Waals surface area contributed by atoms with Crippen LogP contribution in [0.15, 0.2) is 82.0 Å². The molecule has 0 amide bonds. The van der Waals surface area contributed by atoms with E-state index in [-0.39, 0.29) is 18.1 Å². The lowest BCUT2D eigenvalue weighted by Crippen LogP contribution is -2.29. The molecule has 0 fully saturated rings. The van der Waals surface area contributed by atoms with Crippen LogP contribution in [0.4, 0.5) is 5.69 Å². The number of Topliss-reactive ketones (excluding diaryl/α,β-unsaturated/α-hetero) is 1. The van der Waals surface area contributed by atoms with Crippen molar-refractivity contribution >= 4 is 61.7 Å². The van der Waals surface area contributed by atoms with Crippen molar-refractivity contribution in [1.82, 2.24) is 5.32 Å². The maximum Gasteiger partial charge on any atom is 0.336 e. The zero-order valence-corrected chi connectivity index (χ0v) is 24.0. The Bertz CT molecular complexity index is 1570. The van der Waals surface area contributed by atoms with Crippen molar-refractivity contribution in [3.8, 4) is 5.75 Å². The molecule has 1 aliphatic heterocycles. The molecule has 0 bridgehead atoms. The Morgan fingerprint density at radius 1 is 1.13 bits per heavy atom. The van der Waals surface area contributed by atoms with Gasteiger partial charge >= 0.3 is 5.97 Å². The normalized spacial score (nSPS) is 16.1. The van der Waals surface area contributed by atoms with Gasteiger partial charge in [-0.1, -0.05) is 36.4 Å². The predicted molar refractivity (Wildman–Crippen MR) is 153 cm³/mol. The molecule has 5 rings (SSSR count). The molecule has 1 N–H and O–H groups in total. The number of benzene rings is 3. The van der Waals surface area contributed by atoms with Crippen molar-refractivity contribution in [2.75, 3.05) is 7.11 Å². The highest BCUT2D eigenvalue weighted by atomic mass is 127. The number of esters is 1. The van der Waals surface area contributed by atoms with Crippen LogP contribution >= 0.6 is 38.5 Å². The summed E-state index contributed by atoms with van der Waals surface area (Å²) in [5.41, 5.74) is 4.90. The van der Waals surface area contributed by atoms with Gasteiger partial charge in [-0.15, -0.1) is 0 Å². The lowest BCUT2D eigenvalue weighted by molar-refractivity contribution is -0.384. The first-order chi connectivity index (χ1) is 18.2. The van der Waals surface area contributed by atoms with Crippen LogP contribution in [0.2, 0.25) is 0 Å². The minimum absolute atomic E-state index is 0.00933. The molecule has 0 radical (unpaired) electrons. The monoisotopic (exact) mass is 686 g/mol. The lowest BCUT2D eigenvalue weighted by atomic mass is 9.80. The zero-order chi connectivity index (χ0) is 27.1. The van der Waals surface area contributed by atoms with E-state index in [2.05, 4.69) is 43.8 Å². The topological polar surface area (TPSA) is 108 Å². The molecule has 0 saturated heterocycles. The Morgan fingerprint density at radius 2 is 1.87 bits per heavy atom. The van der Waals surface area contributed by atoms with Crippen LogP contribution in [-0.2, 0) is 16.1 Å². The van der Waals surface area contributed by atoms with Gasteiger partial charge in [0.1, 0.15) is 12.4 Å². The molecule has 1 aliphatic carbocycles. The van der Waals surface area contributed by atoms with Crippen LogP contribution in [0.25, 0.3) is 5.70 Å². The minimum atomic E-state index is -0.658. The van der Waals surface area contributed by atoms with Crippen LogP contribution in [0.1, 0.15) is 39.9 Å². The second kappa shape index (κ2) is 10.3. The number of nitrogens with zero attached hydrogens (tertiary/aromatic N) is 1. The third-order valence-corrected chi connectivity index (χ3v) is 7.90. The van der Waals surface area contributed by atoms with Crippen molar-refractivity contribution in [3.63, 3.8) is 0 Å². The van der Waals surface area contributed by atoms with Gasteiger partial charge in [-0.05, 0) is 68.7 Å². The number of carbonyl (C=O) groups excluding carboxylic acids is 2. The summed E-state index contributed by atoms with van der Waals surface area (Å²) in [5.74, 6) is -0.772. The second-order valence-corrected chi connectivity index (χ2v) is 10.8. The maximum absolute atomic E-state index is 13.6. The summed E-state index contributed by atoms with van der Waals surface area (Å²) in [6.07, 6.45) is 0. The van der Waals surface area contributed by atoms with E-state index < -0.39 is 16.8 Å². The van der Waals surface area contributed by atoms with E-state index in [1.807, 2.05) is 30.3 Å². The lowest BCUT2D eigenvalue weighted by Gasteiger charge is -2.29. The molecule has 3 aromatic rings. The number of halogens is 2. The van der Waals surface area contributed by atoms with E-state index in [9.17, 15) is 19.7 Å². The zero-order valence-electron chi connectivity index (χ0n) is 20.2. The Kier molecular flexibility index (Phi) is 7.10. The highest BCUT2D eigenvalue weighted by Crippen LogP contribution is 2.48. The van der Waals surface area contributed by atoms with Crippen molar-refractivity contribution in [2.45, 2.75) is 19.4 Å². The number of nitro groups is 1. The molecule has 0 spiro atoms. The summed E-state index contributed by atoms with van der Waals surface area (Å²) in [6.45, 7) is 1.92. The molecular formula is C28H20BrIN2O6. The van der Waals surface area contributed by atoms with Crippen LogP contribution in [-0.4, -0.2) is 23.8 Å². The smallest absolute Gasteiger partial charge is 0.336 e. The van der Waals surface area contributed by atoms with Crippen molar-refractivity contribution in [2.24, 2.45) is 0 Å². The molecule has 3 aromatic carbocycles. The number of hydrogen-bond acceptors (Lipinski definition) is 7. The Hall–Kier alpha value is -3.51. The van der Waals surface area contributed by atoms with Crippen LogP contribution in [0.3, 0.4) is 0 Å². The first-order valence-corrected chi connectivity index (χ1v) is 13.4. The van der Waals surface area contributed by atoms with Gasteiger partial charge in [0.15, 0.2) is 5.78 Å². The molecule has 10 heteroatoms. The highest BCUT2D eigenvalue weighted by Gasteiger charge is 2.43. The van der Waals surface area contributed by atoms with Crippen molar-refractivity contribution in [3.05, 3.63) is 118 Å². The minimum Gasteiger partial charge on any atom is -0.487 e. The number of nitro benzene ring substituents is 1. The number of rotatable bonds is 6. The number of hydrogen-bond donors (Lipinski definition) is 1. The van der Waals surface area contributed by atoms with E-state index in [0.717, 1.165) is 14.7 Å². The first kappa shape index (κ1) is 26.1. The number of carbonyl (C=O) groups is 2. The molecule has 0 unspecified atom stereocenters. The van der Waals surface area contributed by atoms with E-state index in [0.29, 0.717) is 43.9 Å². The van der Waals surface area contributed by atoms with Gasteiger partial charge in [-0.3, -0.25) is 14.9 Å². The van der Waals surface area contributed by atoms with Crippen molar-refractivity contribution in [1.29, 1.82) is 0 Å². The summed E-state index contributed by atoms with van der Waals surface area (Å²) >= 11 is 5.73. The van der Waals surface area contributed by atoms with E-state index in [1.54, 1.807) is 25.1 Å². The standard InChI is InChI=1S/C28H20BrIN2O6/c1-14-22(28(34)37-2)23(24-25(31-14)18-8-3-4-9-19(18)26(24)33)16-11-20(29)27(21(30)12-16)38-13-15-6-5-7-17(10-15)32(35)36/h3-12,23,31H,13H2,1-2H3/t23-/m1/s1. The van der Waals surface area contributed by atoms with Gasteiger partial charge < -0.3 is 14.8 Å². The third kappa shape index (κ3) is 4.51. The Morgan fingerprint density at radius 3 is 2.55 bits per heavy atom. The van der Waals surface area contributed by atoms with E-state index in [4.69, 9.17) is 9.47 Å². The average Bonchev–Trinajstić information content (AvgIpc) is 3.18. The van der Waals surface area contributed by atoms with Crippen molar-refractivity contribution < 1.29 is 24.0 Å². The fourth-order valence-corrected chi connectivity index (χ4v) is 6.61. The number of methoxy groups -OCH3 is 1. The van der Waals surface area contributed by atoms with Gasteiger partial charge in [0.2, 0.25) is 0 Å². The number of dihydropyridines is 1. The Balaban J connectivity index is 1.55. The molecule has 38 heavy (non-hydrogen) atoms. The first-order valence-electron chi connectivity index (χ1n) is 11.5. The summed E-state index contributed by atoms with van der Waals surface area (Å²) in [4.78, 5) is 37.2. The largest absolute Gasteiger partial charge is 0.487 e. The van der Waals surface area contributed by atoms with Gasteiger partial charge in [-0.25, -0.2) is 4.79 Å². The molecule has 2 aliphatic rings. The van der Waals surface area contributed by atoms with Gasteiger partial charge in [0.05, 0.1) is 31.3 Å². The van der Waals surface area contributed by atoms with Gasteiger partial charge in [-0.2, -0.15) is 0 Å². The average molecular weight is 687 g/mol. The molecule has 0 saturated carbocycles. The number of ether oxygens (including phenoxy) is 2. The fourth-order valence-electron chi connectivity index (χ4n) is 4.84. The van der Waals surface area contributed by atoms with Gasteiger partial charge in [0.25, 0.3) is 5.69 Å². The highest BCUT2D eigenvalue weighted by molar-refractivity contribution is 14.1. The summed E-state index contributed by atoms with van der Waals surface area (Å²) < 4.78 is 12.5. The van der Waals surface area contributed by atoms with E-state index >= 15 is 0 Å². The molecule has 8 nitrogen and oxygen atoms in total. The number of non-ortho nitro benzene ring substituents is 1. The van der Waals surface area contributed by atoms with Crippen LogP contribution < -0.4 is 10.1 Å². The van der Waals surface area contributed by atoms with Crippen LogP contribution in [0.5, 0.6) is 5.75 Å².